The van der Waals surface area contributed by atoms with Gasteiger partial charge < -0.3 is 10.0 Å². The van der Waals surface area contributed by atoms with Gasteiger partial charge in [-0.3, -0.25) is 4.98 Å². The van der Waals surface area contributed by atoms with Crippen LogP contribution in [0.5, 0.6) is 0 Å². The summed E-state index contributed by atoms with van der Waals surface area (Å²) in [6.07, 6.45) is 0.803. The summed E-state index contributed by atoms with van der Waals surface area (Å²) in [6, 6.07) is 10.4. The van der Waals surface area contributed by atoms with Crippen LogP contribution in [0.3, 0.4) is 0 Å². The molecule has 1 aromatic carbocycles. The molecule has 1 aliphatic rings. The molecule has 3 nitrogen and oxygen atoms in total. The standard InChI is InChI=1S/C16H20N2O/c1-11-7-8-18(10-16(11)19)15-9-12(2)17-14-6-4-3-5-13(14)15/h3-6,9,11,16,19H,7-8,10H2,1-2H3. The minimum Gasteiger partial charge on any atom is -0.391 e. The van der Waals surface area contributed by atoms with Crippen molar-refractivity contribution in [3.05, 3.63) is 36.0 Å². The van der Waals surface area contributed by atoms with Crippen molar-refractivity contribution in [2.24, 2.45) is 5.92 Å². The van der Waals surface area contributed by atoms with Gasteiger partial charge in [-0.05, 0) is 31.4 Å². The zero-order valence-corrected chi connectivity index (χ0v) is 11.5. The van der Waals surface area contributed by atoms with Gasteiger partial charge in [0.25, 0.3) is 0 Å². The Balaban J connectivity index is 2.05. The predicted octanol–water partition coefficient (Wildman–Crippen LogP) is 2.75. The number of anilines is 1. The third kappa shape index (κ3) is 2.30. The van der Waals surface area contributed by atoms with Gasteiger partial charge in [0, 0.05) is 29.9 Å². The molecule has 1 aliphatic heterocycles. The quantitative estimate of drug-likeness (QED) is 0.852. The molecular weight excluding hydrogens is 236 g/mol. The maximum absolute atomic E-state index is 10.1. The van der Waals surface area contributed by atoms with Gasteiger partial charge in [-0.1, -0.05) is 25.1 Å². The SMILES string of the molecule is Cc1cc(N2CCC(C)C(O)C2)c2ccccc2n1. The molecule has 3 heteroatoms. The summed E-state index contributed by atoms with van der Waals surface area (Å²) in [4.78, 5) is 6.87. The Morgan fingerprint density at radius 3 is 2.89 bits per heavy atom. The molecule has 0 aliphatic carbocycles. The van der Waals surface area contributed by atoms with Crippen molar-refractivity contribution in [2.75, 3.05) is 18.0 Å². The molecule has 1 saturated heterocycles. The van der Waals surface area contributed by atoms with Gasteiger partial charge in [0.1, 0.15) is 0 Å². The first-order chi connectivity index (χ1) is 9.15. The number of pyridine rings is 1. The van der Waals surface area contributed by atoms with E-state index in [-0.39, 0.29) is 6.10 Å². The van der Waals surface area contributed by atoms with Crippen molar-refractivity contribution in [3.8, 4) is 0 Å². The van der Waals surface area contributed by atoms with Crippen molar-refractivity contribution >= 4 is 16.6 Å². The third-order valence-electron chi connectivity index (χ3n) is 4.08. The molecule has 3 rings (SSSR count). The normalized spacial score (nSPS) is 23.8. The van der Waals surface area contributed by atoms with Crippen LogP contribution in [0.2, 0.25) is 0 Å². The number of hydrogen-bond acceptors (Lipinski definition) is 3. The highest BCUT2D eigenvalue weighted by Crippen LogP contribution is 2.30. The highest BCUT2D eigenvalue weighted by Gasteiger charge is 2.25. The van der Waals surface area contributed by atoms with Gasteiger partial charge in [0.05, 0.1) is 11.6 Å². The average molecular weight is 256 g/mol. The highest BCUT2D eigenvalue weighted by atomic mass is 16.3. The Kier molecular flexibility index (Phi) is 3.15. The van der Waals surface area contributed by atoms with E-state index in [1.165, 1.54) is 11.1 Å². The second-order valence-electron chi connectivity index (χ2n) is 5.58. The monoisotopic (exact) mass is 256 g/mol. The van der Waals surface area contributed by atoms with E-state index in [2.05, 4.69) is 35.0 Å². The summed E-state index contributed by atoms with van der Waals surface area (Å²) in [7, 11) is 0. The minimum absolute atomic E-state index is 0.235. The van der Waals surface area contributed by atoms with Crippen LogP contribution in [-0.2, 0) is 0 Å². The first-order valence-electron chi connectivity index (χ1n) is 6.94. The fraction of sp³-hybridized carbons (Fsp3) is 0.438. The molecule has 0 amide bonds. The van der Waals surface area contributed by atoms with Crippen LogP contribution in [0.1, 0.15) is 19.0 Å². The van der Waals surface area contributed by atoms with Crippen LogP contribution in [0.15, 0.2) is 30.3 Å². The molecule has 0 radical (unpaired) electrons. The molecule has 2 atom stereocenters. The minimum atomic E-state index is -0.235. The molecule has 0 bridgehead atoms. The molecular formula is C16H20N2O. The summed E-state index contributed by atoms with van der Waals surface area (Å²) in [5.41, 5.74) is 3.27. The molecule has 0 saturated carbocycles. The topological polar surface area (TPSA) is 36.4 Å². The molecule has 19 heavy (non-hydrogen) atoms. The predicted molar refractivity (Wildman–Crippen MR) is 78.5 cm³/mol. The number of aliphatic hydroxyl groups excluding tert-OH is 1. The van der Waals surface area contributed by atoms with E-state index in [0.717, 1.165) is 24.2 Å². The van der Waals surface area contributed by atoms with Crippen molar-refractivity contribution in [1.82, 2.24) is 4.98 Å². The first-order valence-corrected chi connectivity index (χ1v) is 6.94. The maximum Gasteiger partial charge on any atom is 0.0741 e. The number of aromatic nitrogens is 1. The van der Waals surface area contributed by atoms with Gasteiger partial charge in [-0.2, -0.15) is 0 Å². The number of β-amino-alcohol motifs (C(OH)–C–C–N with tert-alkyl or cyclic N) is 1. The summed E-state index contributed by atoms with van der Waals surface area (Å²) in [5, 5.41) is 11.3. The van der Waals surface area contributed by atoms with E-state index >= 15 is 0 Å². The van der Waals surface area contributed by atoms with E-state index in [0.29, 0.717) is 12.5 Å². The average Bonchev–Trinajstić information content (AvgIpc) is 2.41. The van der Waals surface area contributed by atoms with Crippen LogP contribution < -0.4 is 4.90 Å². The Morgan fingerprint density at radius 2 is 2.11 bits per heavy atom. The molecule has 2 heterocycles. The number of para-hydroxylation sites is 1. The molecule has 1 N–H and O–H groups in total. The summed E-state index contributed by atoms with van der Waals surface area (Å²) >= 11 is 0. The Labute approximate surface area is 113 Å². The highest BCUT2D eigenvalue weighted by molar-refractivity contribution is 5.92. The number of aryl methyl sites for hydroxylation is 1. The summed E-state index contributed by atoms with van der Waals surface area (Å²) in [5.74, 6) is 0.394. The summed E-state index contributed by atoms with van der Waals surface area (Å²) in [6.45, 7) is 5.87. The number of aliphatic hydroxyl groups is 1. The zero-order valence-electron chi connectivity index (χ0n) is 11.5. The lowest BCUT2D eigenvalue weighted by Gasteiger charge is -2.36. The van der Waals surface area contributed by atoms with Crippen LogP contribution in [-0.4, -0.2) is 29.3 Å². The largest absolute Gasteiger partial charge is 0.391 e. The van der Waals surface area contributed by atoms with E-state index in [1.807, 2.05) is 19.1 Å². The summed E-state index contributed by atoms with van der Waals surface area (Å²) < 4.78 is 0. The fourth-order valence-electron chi connectivity index (χ4n) is 2.81. The van der Waals surface area contributed by atoms with E-state index < -0.39 is 0 Å². The van der Waals surface area contributed by atoms with E-state index in [4.69, 9.17) is 0 Å². The molecule has 0 spiro atoms. The number of hydrogen-bond donors (Lipinski definition) is 1. The van der Waals surface area contributed by atoms with Gasteiger partial charge in [-0.15, -0.1) is 0 Å². The van der Waals surface area contributed by atoms with Crippen molar-refractivity contribution in [1.29, 1.82) is 0 Å². The molecule has 100 valence electrons. The van der Waals surface area contributed by atoms with Crippen molar-refractivity contribution in [3.63, 3.8) is 0 Å². The second-order valence-corrected chi connectivity index (χ2v) is 5.58. The van der Waals surface area contributed by atoms with Crippen LogP contribution in [0.25, 0.3) is 10.9 Å². The number of benzene rings is 1. The Bertz CT molecular complexity index is 596. The van der Waals surface area contributed by atoms with E-state index in [1.54, 1.807) is 0 Å². The fourth-order valence-corrected chi connectivity index (χ4v) is 2.81. The third-order valence-corrected chi connectivity index (χ3v) is 4.08. The molecule has 1 aromatic heterocycles. The Hall–Kier alpha value is -1.61. The second kappa shape index (κ2) is 4.82. The van der Waals surface area contributed by atoms with Gasteiger partial charge in [0.15, 0.2) is 0 Å². The van der Waals surface area contributed by atoms with Crippen LogP contribution in [0.4, 0.5) is 5.69 Å². The molecule has 2 unspecified atom stereocenters. The maximum atomic E-state index is 10.1. The van der Waals surface area contributed by atoms with Crippen molar-refractivity contribution < 1.29 is 5.11 Å². The van der Waals surface area contributed by atoms with E-state index in [9.17, 15) is 5.11 Å². The lowest BCUT2D eigenvalue weighted by atomic mass is 9.95. The van der Waals surface area contributed by atoms with Gasteiger partial charge in [0.2, 0.25) is 0 Å². The number of nitrogens with zero attached hydrogens (tertiary/aromatic N) is 2. The van der Waals surface area contributed by atoms with Crippen LogP contribution in [0, 0.1) is 12.8 Å². The number of fused-ring (bicyclic) bond motifs is 1. The van der Waals surface area contributed by atoms with Gasteiger partial charge in [-0.25, -0.2) is 0 Å². The first kappa shape index (κ1) is 12.4. The Morgan fingerprint density at radius 1 is 1.32 bits per heavy atom. The molecule has 2 aromatic rings. The lowest BCUT2D eigenvalue weighted by Crippen LogP contribution is -2.43. The molecule has 1 fully saturated rings. The van der Waals surface area contributed by atoms with Crippen molar-refractivity contribution in [2.45, 2.75) is 26.4 Å². The smallest absolute Gasteiger partial charge is 0.0741 e. The zero-order chi connectivity index (χ0) is 13.4. The van der Waals surface area contributed by atoms with Crippen LogP contribution >= 0.6 is 0 Å². The number of piperidine rings is 1. The van der Waals surface area contributed by atoms with Gasteiger partial charge >= 0.3 is 0 Å². The lowest BCUT2D eigenvalue weighted by molar-refractivity contribution is 0.103. The number of rotatable bonds is 1.